The van der Waals surface area contributed by atoms with Crippen LogP contribution in [0, 0.1) is 6.92 Å². The van der Waals surface area contributed by atoms with E-state index >= 15 is 0 Å². The lowest BCUT2D eigenvalue weighted by Gasteiger charge is -2.34. The Bertz CT molecular complexity index is 649. The van der Waals surface area contributed by atoms with E-state index in [1.54, 1.807) is 17.9 Å². The maximum absolute atomic E-state index is 12.5. The molecule has 0 aromatic carbocycles. The molecule has 0 spiro atoms. The second-order valence-electron chi connectivity index (χ2n) is 5.19. The van der Waals surface area contributed by atoms with Crippen LogP contribution in [-0.2, 0) is 11.2 Å². The number of furan rings is 1. The third-order valence-electron chi connectivity index (χ3n) is 3.61. The summed E-state index contributed by atoms with van der Waals surface area (Å²) in [5, 5.41) is 6.52. The highest BCUT2D eigenvalue weighted by molar-refractivity contribution is 5.88. The van der Waals surface area contributed by atoms with Gasteiger partial charge in [-0.1, -0.05) is 12.1 Å². The van der Waals surface area contributed by atoms with E-state index in [0.29, 0.717) is 31.3 Å². The highest BCUT2D eigenvalue weighted by Gasteiger charge is 2.31. The van der Waals surface area contributed by atoms with Gasteiger partial charge in [-0.05, 0) is 19.1 Å². The molecule has 1 atom stereocenters. The number of carbonyl (C=O) groups is 1. The molecule has 118 valence electrons. The number of hydrogen-bond donors (Lipinski definition) is 1. The van der Waals surface area contributed by atoms with Crippen molar-refractivity contribution in [1.29, 1.82) is 0 Å². The highest BCUT2D eigenvalue weighted by Crippen LogP contribution is 2.27. The van der Waals surface area contributed by atoms with E-state index in [2.05, 4.69) is 10.5 Å². The monoisotopic (exact) mass is 305 g/mol. The van der Waals surface area contributed by atoms with Crippen LogP contribution in [0.1, 0.15) is 30.2 Å². The molecular weight excluding hydrogens is 286 g/mol. The first-order chi connectivity index (χ1) is 10.7. The van der Waals surface area contributed by atoms with Crippen molar-refractivity contribution in [1.82, 2.24) is 10.1 Å². The van der Waals surface area contributed by atoms with Crippen molar-refractivity contribution in [3.05, 3.63) is 35.5 Å². The molecule has 3 rings (SSSR count). The minimum Gasteiger partial charge on any atom is -0.464 e. The molecule has 1 fully saturated rings. The summed E-state index contributed by atoms with van der Waals surface area (Å²) in [6, 6.07) is 5.04. The Kier molecular flexibility index (Phi) is 4.15. The molecular formula is C15H19N3O4. The maximum Gasteiger partial charge on any atom is 0.323 e. The second-order valence-corrected chi connectivity index (χ2v) is 5.19. The van der Waals surface area contributed by atoms with Crippen LogP contribution in [0.25, 0.3) is 0 Å². The molecule has 7 nitrogen and oxygen atoms in total. The fraction of sp³-hybridized carbons (Fsp3) is 0.467. The Balaban J connectivity index is 1.75. The Morgan fingerprint density at radius 2 is 2.36 bits per heavy atom. The number of hydrogen-bond acceptors (Lipinski definition) is 5. The van der Waals surface area contributed by atoms with Gasteiger partial charge in [0.2, 0.25) is 0 Å². The van der Waals surface area contributed by atoms with Crippen LogP contribution < -0.4 is 5.32 Å². The zero-order valence-electron chi connectivity index (χ0n) is 12.7. The number of aryl methyl sites for hydroxylation is 2. The first kappa shape index (κ1) is 14.6. The lowest BCUT2D eigenvalue weighted by Crippen LogP contribution is -2.45. The van der Waals surface area contributed by atoms with Crippen LogP contribution >= 0.6 is 0 Å². The Hall–Kier alpha value is -2.28. The summed E-state index contributed by atoms with van der Waals surface area (Å²) in [6.07, 6.45) is 0.817. The summed E-state index contributed by atoms with van der Waals surface area (Å²) in [5.74, 6) is 2.69. The zero-order chi connectivity index (χ0) is 15.5. The van der Waals surface area contributed by atoms with E-state index in [1.807, 2.05) is 19.1 Å². The molecule has 2 aromatic rings. The predicted molar refractivity (Wildman–Crippen MR) is 78.6 cm³/mol. The molecule has 0 radical (unpaired) electrons. The molecule has 2 aromatic heterocycles. The fourth-order valence-electron chi connectivity index (χ4n) is 2.45. The Morgan fingerprint density at radius 1 is 1.50 bits per heavy atom. The molecule has 0 bridgehead atoms. The number of nitrogens with one attached hydrogen (secondary N) is 1. The SMILES string of the molecule is CCc1ccc(C2COCCN2C(=O)Nc2cc(C)on2)o1. The first-order valence-electron chi connectivity index (χ1n) is 7.34. The van der Waals surface area contributed by atoms with Gasteiger partial charge in [-0.2, -0.15) is 0 Å². The average Bonchev–Trinajstić information content (AvgIpc) is 3.16. The van der Waals surface area contributed by atoms with Gasteiger partial charge >= 0.3 is 6.03 Å². The number of anilines is 1. The van der Waals surface area contributed by atoms with Crippen molar-refractivity contribution in [3.63, 3.8) is 0 Å². The highest BCUT2D eigenvalue weighted by atomic mass is 16.5. The van der Waals surface area contributed by atoms with Crippen LogP contribution in [0.3, 0.4) is 0 Å². The van der Waals surface area contributed by atoms with E-state index in [4.69, 9.17) is 13.7 Å². The van der Waals surface area contributed by atoms with Crippen LogP contribution in [-0.4, -0.2) is 35.8 Å². The number of rotatable bonds is 3. The number of nitrogens with zero attached hydrogens (tertiary/aromatic N) is 2. The van der Waals surface area contributed by atoms with Gasteiger partial charge in [0.1, 0.15) is 23.3 Å². The van der Waals surface area contributed by atoms with Crippen molar-refractivity contribution in [3.8, 4) is 0 Å². The third kappa shape index (κ3) is 2.99. The number of carbonyl (C=O) groups excluding carboxylic acids is 1. The van der Waals surface area contributed by atoms with Crippen molar-refractivity contribution in [2.24, 2.45) is 0 Å². The lowest BCUT2D eigenvalue weighted by molar-refractivity contribution is 0.00699. The van der Waals surface area contributed by atoms with Crippen molar-refractivity contribution in [2.75, 3.05) is 25.1 Å². The summed E-state index contributed by atoms with van der Waals surface area (Å²) in [4.78, 5) is 14.2. The van der Waals surface area contributed by atoms with Crippen LogP contribution in [0.2, 0.25) is 0 Å². The summed E-state index contributed by atoms with van der Waals surface area (Å²) >= 11 is 0. The summed E-state index contributed by atoms with van der Waals surface area (Å²) in [6.45, 7) is 5.22. The Labute approximate surface area is 128 Å². The van der Waals surface area contributed by atoms with E-state index < -0.39 is 0 Å². The molecule has 0 aliphatic carbocycles. The maximum atomic E-state index is 12.5. The van der Waals surface area contributed by atoms with Crippen LogP contribution in [0.4, 0.5) is 10.6 Å². The number of morpholine rings is 1. The molecule has 7 heteroatoms. The second kappa shape index (κ2) is 6.23. The van der Waals surface area contributed by atoms with Gasteiger partial charge in [0.15, 0.2) is 5.82 Å². The van der Waals surface area contributed by atoms with E-state index in [0.717, 1.165) is 17.9 Å². The minimum absolute atomic E-state index is 0.234. The zero-order valence-corrected chi connectivity index (χ0v) is 12.7. The molecule has 1 saturated heterocycles. The molecule has 1 unspecified atom stereocenters. The minimum atomic E-state index is -0.240. The third-order valence-corrected chi connectivity index (χ3v) is 3.61. The lowest BCUT2D eigenvalue weighted by atomic mass is 10.2. The summed E-state index contributed by atoms with van der Waals surface area (Å²) in [5.41, 5.74) is 0. The van der Waals surface area contributed by atoms with Gasteiger partial charge in [0, 0.05) is 19.0 Å². The summed E-state index contributed by atoms with van der Waals surface area (Å²) < 4.78 is 16.2. The van der Waals surface area contributed by atoms with Crippen molar-refractivity contribution < 1.29 is 18.5 Å². The molecule has 1 aliphatic rings. The molecule has 3 heterocycles. The standard InChI is InChI=1S/C15H19N3O4/c1-3-11-4-5-13(21-11)12-9-20-7-6-18(12)15(19)16-14-8-10(2)22-17-14/h4-5,8,12H,3,6-7,9H2,1-2H3,(H,16,17,19). The number of ether oxygens (including phenoxy) is 1. The van der Waals surface area contributed by atoms with E-state index in [9.17, 15) is 4.79 Å². The predicted octanol–water partition coefficient (Wildman–Crippen LogP) is 2.74. The van der Waals surface area contributed by atoms with Gasteiger partial charge in [-0.25, -0.2) is 4.79 Å². The number of amides is 2. The molecule has 22 heavy (non-hydrogen) atoms. The van der Waals surface area contributed by atoms with Gasteiger partial charge in [0.25, 0.3) is 0 Å². The van der Waals surface area contributed by atoms with Gasteiger partial charge < -0.3 is 18.6 Å². The van der Waals surface area contributed by atoms with Crippen LogP contribution in [0.15, 0.2) is 27.1 Å². The van der Waals surface area contributed by atoms with Gasteiger partial charge in [-0.3, -0.25) is 5.32 Å². The van der Waals surface area contributed by atoms with E-state index in [-0.39, 0.29) is 12.1 Å². The smallest absolute Gasteiger partial charge is 0.323 e. The van der Waals surface area contributed by atoms with Gasteiger partial charge in [-0.15, -0.1) is 0 Å². The first-order valence-corrected chi connectivity index (χ1v) is 7.34. The molecule has 1 aliphatic heterocycles. The fourth-order valence-corrected chi connectivity index (χ4v) is 2.45. The molecule has 2 amide bonds. The average molecular weight is 305 g/mol. The largest absolute Gasteiger partial charge is 0.464 e. The van der Waals surface area contributed by atoms with Crippen LogP contribution in [0.5, 0.6) is 0 Å². The molecule has 0 saturated carbocycles. The van der Waals surface area contributed by atoms with Crippen molar-refractivity contribution in [2.45, 2.75) is 26.3 Å². The van der Waals surface area contributed by atoms with E-state index in [1.165, 1.54) is 0 Å². The number of aromatic nitrogens is 1. The normalized spacial score (nSPS) is 18.5. The number of urea groups is 1. The quantitative estimate of drug-likeness (QED) is 0.943. The van der Waals surface area contributed by atoms with Gasteiger partial charge in [0.05, 0.1) is 13.2 Å². The van der Waals surface area contributed by atoms with Crippen molar-refractivity contribution >= 4 is 11.8 Å². The molecule has 1 N–H and O–H groups in total. The summed E-state index contributed by atoms with van der Waals surface area (Å²) in [7, 11) is 0. The topological polar surface area (TPSA) is 80.7 Å². The Morgan fingerprint density at radius 3 is 3.05 bits per heavy atom.